The molecule has 0 amide bonds. The Hall–Kier alpha value is -1.12. The van der Waals surface area contributed by atoms with Gasteiger partial charge in [-0.15, -0.1) is 0 Å². The highest BCUT2D eigenvalue weighted by molar-refractivity contribution is 5.94. The largest absolute Gasteiger partial charge is 0.385 e. The summed E-state index contributed by atoms with van der Waals surface area (Å²) in [4.78, 5) is 22.6. The molecule has 1 heterocycles. The van der Waals surface area contributed by atoms with Crippen LogP contribution in [0.25, 0.3) is 0 Å². The first kappa shape index (κ1) is 11.0. The zero-order chi connectivity index (χ0) is 10.9. The Morgan fingerprint density at radius 3 is 2.43 bits per heavy atom. The summed E-state index contributed by atoms with van der Waals surface area (Å²) in [5.74, 6) is 0.0694. The quantitative estimate of drug-likeness (QED) is 0.725. The summed E-state index contributed by atoms with van der Waals surface area (Å²) < 4.78 is 0. The Kier molecular flexibility index (Phi) is 2.79. The summed E-state index contributed by atoms with van der Waals surface area (Å²) in [6, 6.07) is 0. The minimum atomic E-state index is -0.245. The lowest BCUT2D eigenvalue weighted by atomic mass is 9.77. The molecule has 0 aromatic rings. The predicted molar refractivity (Wildman–Crippen MR) is 54.8 cm³/mol. The number of carbonyl (C=O) groups is 2. The zero-order valence-corrected chi connectivity index (χ0v) is 9.18. The fourth-order valence-electron chi connectivity index (χ4n) is 1.80. The topological polar surface area (TPSA) is 46.2 Å². The van der Waals surface area contributed by atoms with Crippen molar-refractivity contribution in [2.24, 2.45) is 5.92 Å². The van der Waals surface area contributed by atoms with Crippen molar-refractivity contribution in [1.82, 2.24) is 5.32 Å². The Labute approximate surface area is 84.6 Å². The van der Waals surface area contributed by atoms with Crippen molar-refractivity contribution in [3.05, 3.63) is 11.8 Å². The highest BCUT2D eigenvalue weighted by Gasteiger charge is 2.36. The number of allylic oxidation sites excluding steroid dienone is 1. The van der Waals surface area contributed by atoms with E-state index in [1.807, 2.05) is 13.8 Å². The van der Waals surface area contributed by atoms with Crippen LogP contribution in [0.1, 0.15) is 34.1 Å². The number of ketones is 2. The minimum absolute atomic E-state index is 0.0410. The summed E-state index contributed by atoms with van der Waals surface area (Å²) in [6.07, 6.45) is 2.30. The standard InChI is InChI=1S/C11H17NO2/c1-7(13)9-5-10(8(2)14)11(3,4)12-6-9/h6,10,12H,5H2,1-4H3. The van der Waals surface area contributed by atoms with E-state index >= 15 is 0 Å². The fourth-order valence-corrected chi connectivity index (χ4v) is 1.80. The lowest BCUT2D eigenvalue weighted by Crippen LogP contribution is -2.49. The molecule has 0 aromatic carbocycles. The molecule has 0 radical (unpaired) electrons. The SMILES string of the molecule is CC(=O)C1=CNC(C)(C)C(C(C)=O)C1. The van der Waals surface area contributed by atoms with Gasteiger partial charge in [0.2, 0.25) is 0 Å². The highest BCUT2D eigenvalue weighted by Crippen LogP contribution is 2.29. The van der Waals surface area contributed by atoms with Crippen LogP contribution in [-0.2, 0) is 9.59 Å². The van der Waals surface area contributed by atoms with Crippen LogP contribution in [0.15, 0.2) is 11.8 Å². The molecule has 3 nitrogen and oxygen atoms in total. The van der Waals surface area contributed by atoms with Crippen LogP contribution in [0.2, 0.25) is 0 Å². The first-order valence-corrected chi connectivity index (χ1v) is 4.82. The van der Waals surface area contributed by atoms with E-state index in [0.717, 1.165) is 0 Å². The van der Waals surface area contributed by atoms with E-state index in [1.54, 1.807) is 13.1 Å². The maximum Gasteiger partial charge on any atom is 0.157 e. The Morgan fingerprint density at radius 2 is 2.00 bits per heavy atom. The fraction of sp³-hybridized carbons (Fsp3) is 0.636. The molecule has 14 heavy (non-hydrogen) atoms. The summed E-state index contributed by atoms with van der Waals surface area (Å²) in [6.45, 7) is 7.07. The second-order valence-corrected chi connectivity index (χ2v) is 4.46. The second-order valence-electron chi connectivity index (χ2n) is 4.46. The molecule has 3 heteroatoms. The molecule has 0 spiro atoms. The number of nitrogens with one attached hydrogen (secondary N) is 1. The van der Waals surface area contributed by atoms with E-state index in [9.17, 15) is 9.59 Å². The Balaban J connectivity index is 2.93. The maximum atomic E-state index is 11.4. The number of carbonyl (C=O) groups excluding carboxylic acids is 2. The predicted octanol–water partition coefficient (Wildman–Crippen LogP) is 1.44. The van der Waals surface area contributed by atoms with Gasteiger partial charge in [-0.3, -0.25) is 9.59 Å². The van der Waals surface area contributed by atoms with E-state index in [2.05, 4.69) is 5.32 Å². The van der Waals surface area contributed by atoms with E-state index < -0.39 is 0 Å². The van der Waals surface area contributed by atoms with E-state index in [1.165, 1.54) is 6.92 Å². The van der Waals surface area contributed by atoms with Crippen LogP contribution in [0.3, 0.4) is 0 Å². The monoisotopic (exact) mass is 195 g/mol. The van der Waals surface area contributed by atoms with Gasteiger partial charge in [0.25, 0.3) is 0 Å². The molecule has 0 bridgehead atoms. The van der Waals surface area contributed by atoms with Gasteiger partial charge >= 0.3 is 0 Å². The molecule has 0 aliphatic carbocycles. The van der Waals surface area contributed by atoms with Gasteiger partial charge in [-0.2, -0.15) is 0 Å². The normalized spacial score (nSPS) is 24.9. The minimum Gasteiger partial charge on any atom is -0.385 e. The van der Waals surface area contributed by atoms with Gasteiger partial charge in [0.15, 0.2) is 5.78 Å². The van der Waals surface area contributed by atoms with E-state index in [4.69, 9.17) is 0 Å². The molecule has 0 fully saturated rings. The first-order valence-electron chi connectivity index (χ1n) is 4.82. The summed E-state index contributed by atoms with van der Waals surface area (Å²) in [5.41, 5.74) is 0.467. The molecule has 0 aromatic heterocycles. The van der Waals surface area contributed by atoms with Crippen molar-refractivity contribution < 1.29 is 9.59 Å². The molecule has 1 aliphatic rings. The first-order chi connectivity index (χ1) is 6.34. The molecule has 1 aliphatic heterocycles. The van der Waals surface area contributed by atoms with Crippen molar-refractivity contribution in [1.29, 1.82) is 0 Å². The van der Waals surface area contributed by atoms with Crippen LogP contribution in [-0.4, -0.2) is 17.1 Å². The number of Topliss-reactive ketones (excluding diaryl/α,β-unsaturated/α-hetero) is 2. The van der Waals surface area contributed by atoms with Gasteiger partial charge in [-0.1, -0.05) is 0 Å². The van der Waals surface area contributed by atoms with Gasteiger partial charge < -0.3 is 5.32 Å². The molecule has 1 atom stereocenters. The van der Waals surface area contributed by atoms with Crippen molar-refractivity contribution >= 4 is 11.6 Å². The Morgan fingerprint density at radius 1 is 1.43 bits per heavy atom. The van der Waals surface area contributed by atoms with E-state index in [-0.39, 0.29) is 23.0 Å². The molecule has 1 N–H and O–H groups in total. The highest BCUT2D eigenvalue weighted by atomic mass is 16.1. The molecular weight excluding hydrogens is 178 g/mol. The number of rotatable bonds is 2. The molecule has 0 saturated carbocycles. The number of hydrogen-bond acceptors (Lipinski definition) is 3. The summed E-state index contributed by atoms with van der Waals surface area (Å²) in [5, 5.41) is 3.12. The van der Waals surface area contributed by atoms with Crippen LogP contribution < -0.4 is 5.32 Å². The average molecular weight is 195 g/mol. The summed E-state index contributed by atoms with van der Waals surface area (Å²) in [7, 11) is 0. The lowest BCUT2D eigenvalue weighted by molar-refractivity contribution is -0.123. The Bertz CT molecular complexity index is 302. The molecule has 0 saturated heterocycles. The third kappa shape index (κ3) is 2.03. The van der Waals surface area contributed by atoms with Gasteiger partial charge in [0.05, 0.1) is 0 Å². The second kappa shape index (κ2) is 3.56. The third-order valence-electron chi connectivity index (χ3n) is 2.86. The number of hydrogen-bond donors (Lipinski definition) is 1. The molecular formula is C11H17NO2. The van der Waals surface area contributed by atoms with Gasteiger partial charge in [-0.05, 0) is 34.1 Å². The van der Waals surface area contributed by atoms with Crippen LogP contribution >= 0.6 is 0 Å². The van der Waals surface area contributed by atoms with Crippen molar-refractivity contribution in [3.63, 3.8) is 0 Å². The molecule has 78 valence electrons. The van der Waals surface area contributed by atoms with E-state index in [0.29, 0.717) is 12.0 Å². The average Bonchev–Trinajstić information content (AvgIpc) is 2.02. The van der Waals surface area contributed by atoms with Crippen molar-refractivity contribution in [2.45, 2.75) is 39.7 Å². The van der Waals surface area contributed by atoms with Crippen molar-refractivity contribution in [3.8, 4) is 0 Å². The zero-order valence-electron chi connectivity index (χ0n) is 9.18. The van der Waals surface area contributed by atoms with Gasteiger partial charge in [0.1, 0.15) is 5.78 Å². The van der Waals surface area contributed by atoms with Crippen LogP contribution in [0.4, 0.5) is 0 Å². The third-order valence-corrected chi connectivity index (χ3v) is 2.86. The smallest absolute Gasteiger partial charge is 0.157 e. The molecule has 1 rings (SSSR count). The molecule has 1 unspecified atom stereocenters. The van der Waals surface area contributed by atoms with Crippen LogP contribution in [0.5, 0.6) is 0 Å². The van der Waals surface area contributed by atoms with Crippen molar-refractivity contribution in [2.75, 3.05) is 0 Å². The summed E-state index contributed by atoms with van der Waals surface area (Å²) >= 11 is 0. The van der Waals surface area contributed by atoms with Crippen LogP contribution in [0, 0.1) is 5.92 Å². The van der Waals surface area contributed by atoms with Gasteiger partial charge in [0, 0.05) is 23.2 Å². The lowest BCUT2D eigenvalue weighted by Gasteiger charge is -2.37. The van der Waals surface area contributed by atoms with Gasteiger partial charge in [-0.25, -0.2) is 0 Å². The maximum absolute atomic E-state index is 11.4.